The number of nitrogens with one attached hydrogen (secondary N) is 2. The first kappa shape index (κ1) is 17.4. The van der Waals surface area contributed by atoms with Gasteiger partial charge in [-0.1, -0.05) is 12.8 Å². The van der Waals surface area contributed by atoms with Crippen LogP contribution in [0.2, 0.25) is 0 Å². The van der Waals surface area contributed by atoms with E-state index in [2.05, 4.69) is 10.6 Å². The lowest BCUT2D eigenvalue weighted by molar-refractivity contribution is -0.164. The fourth-order valence-corrected chi connectivity index (χ4v) is 3.48. The van der Waals surface area contributed by atoms with Crippen molar-refractivity contribution in [3.63, 3.8) is 0 Å². The SMILES string of the molecule is C[C@@H](NC(=O)N[C@@H](C1CCCC1)C(F)(F)F)C1CCOCC1. The van der Waals surface area contributed by atoms with Crippen molar-refractivity contribution in [2.24, 2.45) is 11.8 Å². The highest BCUT2D eigenvalue weighted by molar-refractivity contribution is 5.74. The maximum Gasteiger partial charge on any atom is 0.408 e. The number of carbonyl (C=O) groups is 1. The zero-order valence-corrected chi connectivity index (χ0v) is 12.9. The highest BCUT2D eigenvalue weighted by Crippen LogP contribution is 2.35. The quantitative estimate of drug-likeness (QED) is 0.835. The van der Waals surface area contributed by atoms with Crippen molar-refractivity contribution in [3.8, 4) is 0 Å². The minimum Gasteiger partial charge on any atom is -0.381 e. The van der Waals surface area contributed by atoms with Crippen molar-refractivity contribution >= 4 is 6.03 Å². The lowest BCUT2D eigenvalue weighted by Crippen LogP contribution is -2.55. The van der Waals surface area contributed by atoms with Gasteiger partial charge in [-0.05, 0) is 44.4 Å². The number of rotatable bonds is 4. The molecular formula is C15H25F3N2O2. The summed E-state index contributed by atoms with van der Waals surface area (Å²) < 4.78 is 44.8. The molecule has 1 saturated heterocycles. The van der Waals surface area contributed by atoms with E-state index in [0.717, 1.165) is 25.7 Å². The number of alkyl halides is 3. The molecule has 0 spiro atoms. The normalized spacial score (nSPS) is 24.0. The van der Waals surface area contributed by atoms with Gasteiger partial charge in [-0.25, -0.2) is 4.79 Å². The molecule has 0 radical (unpaired) electrons. The molecular weight excluding hydrogens is 297 g/mol. The predicted molar refractivity (Wildman–Crippen MR) is 76.5 cm³/mol. The Kier molecular flexibility index (Phi) is 5.94. The van der Waals surface area contributed by atoms with Crippen molar-refractivity contribution in [2.75, 3.05) is 13.2 Å². The number of ether oxygens (including phenoxy) is 1. The molecule has 0 aromatic carbocycles. The molecule has 0 aromatic heterocycles. The fraction of sp³-hybridized carbons (Fsp3) is 0.933. The largest absolute Gasteiger partial charge is 0.408 e. The minimum absolute atomic E-state index is 0.152. The molecule has 1 heterocycles. The van der Waals surface area contributed by atoms with Gasteiger partial charge in [-0.2, -0.15) is 13.2 Å². The smallest absolute Gasteiger partial charge is 0.381 e. The number of amides is 2. The lowest BCUT2D eigenvalue weighted by atomic mass is 9.93. The standard InChI is InChI=1S/C15H25F3N2O2/c1-10(11-6-8-22-9-7-11)19-14(21)20-13(15(16,17)18)12-4-2-3-5-12/h10-13H,2-9H2,1H3,(H2,19,20,21)/t10-,13+/m1/s1. The van der Waals surface area contributed by atoms with E-state index < -0.39 is 24.2 Å². The molecule has 1 aliphatic carbocycles. The van der Waals surface area contributed by atoms with Crippen LogP contribution in [0, 0.1) is 11.8 Å². The van der Waals surface area contributed by atoms with Crippen LogP contribution in [0.4, 0.5) is 18.0 Å². The Balaban J connectivity index is 1.87. The molecule has 0 bridgehead atoms. The summed E-state index contributed by atoms with van der Waals surface area (Å²) in [6, 6.07) is -2.61. The average Bonchev–Trinajstić information content (AvgIpc) is 2.98. The first-order chi connectivity index (χ1) is 10.4. The first-order valence-electron chi connectivity index (χ1n) is 8.09. The molecule has 2 atom stereocenters. The Morgan fingerprint density at radius 1 is 1.05 bits per heavy atom. The molecule has 0 aromatic rings. The Morgan fingerprint density at radius 3 is 2.18 bits per heavy atom. The van der Waals surface area contributed by atoms with Crippen LogP contribution in [0.3, 0.4) is 0 Å². The van der Waals surface area contributed by atoms with Crippen LogP contribution in [0.25, 0.3) is 0 Å². The fourth-order valence-electron chi connectivity index (χ4n) is 3.48. The highest BCUT2D eigenvalue weighted by atomic mass is 19.4. The van der Waals surface area contributed by atoms with Crippen LogP contribution in [-0.4, -0.2) is 37.5 Å². The zero-order chi connectivity index (χ0) is 16.2. The van der Waals surface area contributed by atoms with E-state index in [-0.39, 0.29) is 12.0 Å². The Bertz CT molecular complexity index is 364. The maximum atomic E-state index is 13.2. The minimum atomic E-state index is -4.39. The summed E-state index contributed by atoms with van der Waals surface area (Å²) in [6.45, 7) is 3.13. The summed E-state index contributed by atoms with van der Waals surface area (Å²) in [7, 11) is 0. The number of carbonyl (C=O) groups excluding carboxylic acids is 1. The third-order valence-corrected chi connectivity index (χ3v) is 4.84. The van der Waals surface area contributed by atoms with Crippen LogP contribution in [0.15, 0.2) is 0 Å². The van der Waals surface area contributed by atoms with Crippen LogP contribution in [0.1, 0.15) is 45.4 Å². The predicted octanol–water partition coefficient (Wildman–Crippen LogP) is 3.22. The molecule has 4 nitrogen and oxygen atoms in total. The molecule has 2 fully saturated rings. The topological polar surface area (TPSA) is 50.4 Å². The number of halogens is 3. The summed E-state index contributed by atoms with van der Waals surface area (Å²) in [6.07, 6.45) is -0.0776. The number of hydrogen-bond donors (Lipinski definition) is 2. The highest BCUT2D eigenvalue weighted by Gasteiger charge is 2.46. The molecule has 7 heteroatoms. The number of hydrogen-bond acceptors (Lipinski definition) is 2. The second kappa shape index (κ2) is 7.53. The van der Waals surface area contributed by atoms with Gasteiger partial charge >= 0.3 is 12.2 Å². The van der Waals surface area contributed by atoms with Gasteiger partial charge in [0.15, 0.2) is 0 Å². The third-order valence-electron chi connectivity index (χ3n) is 4.84. The van der Waals surface area contributed by atoms with E-state index in [9.17, 15) is 18.0 Å². The summed E-state index contributed by atoms with van der Waals surface area (Å²) in [5.74, 6) is -0.237. The van der Waals surface area contributed by atoms with E-state index >= 15 is 0 Å². The second-order valence-corrected chi connectivity index (χ2v) is 6.42. The third kappa shape index (κ3) is 4.76. The van der Waals surface area contributed by atoms with Gasteiger partial charge in [0.25, 0.3) is 0 Å². The van der Waals surface area contributed by atoms with Gasteiger partial charge in [0, 0.05) is 19.3 Å². The van der Waals surface area contributed by atoms with Gasteiger partial charge in [-0.3, -0.25) is 0 Å². The lowest BCUT2D eigenvalue weighted by Gasteiger charge is -2.31. The van der Waals surface area contributed by atoms with E-state index in [0.29, 0.717) is 26.1 Å². The van der Waals surface area contributed by atoms with Crippen LogP contribution in [0.5, 0.6) is 0 Å². The van der Waals surface area contributed by atoms with Gasteiger partial charge in [0.1, 0.15) is 6.04 Å². The van der Waals surface area contributed by atoms with Crippen molar-refractivity contribution < 1.29 is 22.7 Å². The van der Waals surface area contributed by atoms with E-state index in [1.807, 2.05) is 6.92 Å². The Labute approximate surface area is 129 Å². The molecule has 2 aliphatic rings. The molecule has 2 N–H and O–H groups in total. The zero-order valence-electron chi connectivity index (χ0n) is 12.9. The molecule has 2 amide bonds. The van der Waals surface area contributed by atoms with E-state index in [1.54, 1.807) is 0 Å². The van der Waals surface area contributed by atoms with Crippen molar-refractivity contribution in [1.82, 2.24) is 10.6 Å². The second-order valence-electron chi connectivity index (χ2n) is 6.42. The summed E-state index contributed by atoms with van der Waals surface area (Å²) in [5, 5.41) is 4.83. The van der Waals surface area contributed by atoms with E-state index in [1.165, 1.54) is 0 Å². The van der Waals surface area contributed by atoms with Gasteiger partial charge < -0.3 is 15.4 Å². The number of urea groups is 1. The van der Waals surface area contributed by atoms with Crippen LogP contribution in [-0.2, 0) is 4.74 Å². The van der Waals surface area contributed by atoms with Crippen LogP contribution < -0.4 is 10.6 Å². The van der Waals surface area contributed by atoms with Gasteiger partial charge in [0.2, 0.25) is 0 Å². The average molecular weight is 322 g/mol. The monoisotopic (exact) mass is 322 g/mol. The molecule has 1 aliphatic heterocycles. The van der Waals surface area contributed by atoms with Crippen molar-refractivity contribution in [3.05, 3.63) is 0 Å². The van der Waals surface area contributed by atoms with Crippen molar-refractivity contribution in [1.29, 1.82) is 0 Å². The summed E-state index contributed by atoms with van der Waals surface area (Å²) >= 11 is 0. The Hall–Kier alpha value is -0.980. The van der Waals surface area contributed by atoms with Crippen molar-refractivity contribution in [2.45, 2.75) is 63.7 Å². The molecule has 1 saturated carbocycles. The Morgan fingerprint density at radius 2 is 1.64 bits per heavy atom. The maximum absolute atomic E-state index is 13.2. The van der Waals surface area contributed by atoms with Crippen LogP contribution >= 0.6 is 0 Å². The van der Waals surface area contributed by atoms with E-state index in [4.69, 9.17) is 4.74 Å². The molecule has 0 unspecified atom stereocenters. The first-order valence-corrected chi connectivity index (χ1v) is 8.09. The summed E-state index contributed by atoms with van der Waals surface area (Å²) in [5.41, 5.74) is 0. The summed E-state index contributed by atoms with van der Waals surface area (Å²) in [4.78, 5) is 12.0. The molecule has 128 valence electrons. The van der Waals surface area contributed by atoms with Gasteiger partial charge in [0.05, 0.1) is 0 Å². The molecule has 22 heavy (non-hydrogen) atoms. The molecule has 2 rings (SSSR count). The van der Waals surface area contributed by atoms with Gasteiger partial charge in [-0.15, -0.1) is 0 Å².